The molecule has 2 aromatic heterocycles. The number of aldehydes is 1. The third kappa shape index (κ3) is 2.05. The molecule has 0 atom stereocenters. The lowest BCUT2D eigenvalue weighted by Gasteiger charge is -1.97. The van der Waals surface area contributed by atoms with E-state index in [1.54, 1.807) is 17.4 Å². The Morgan fingerprint density at radius 2 is 2.29 bits per heavy atom. The van der Waals surface area contributed by atoms with Crippen molar-refractivity contribution >= 4 is 29.2 Å². The van der Waals surface area contributed by atoms with Crippen LogP contribution in [0.4, 0.5) is 0 Å². The van der Waals surface area contributed by atoms with E-state index in [1.165, 1.54) is 4.88 Å². The van der Waals surface area contributed by atoms with Crippen LogP contribution in [0.3, 0.4) is 0 Å². The van der Waals surface area contributed by atoms with E-state index in [0.717, 1.165) is 17.2 Å². The van der Waals surface area contributed by atoms with Gasteiger partial charge in [-0.3, -0.25) is 4.79 Å². The van der Waals surface area contributed by atoms with Crippen LogP contribution in [0, 0.1) is 0 Å². The SMILES string of the molecule is O=Cc1ccn(Cc2ccc(Cl)s2)c1. The van der Waals surface area contributed by atoms with E-state index >= 15 is 0 Å². The normalized spacial score (nSPS) is 10.4. The Morgan fingerprint density at radius 3 is 2.86 bits per heavy atom. The molecular formula is C10H8ClNOS. The van der Waals surface area contributed by atoms with Gasteiger partial charge >= 0.3 is 0 Å². The van der Waals surface area contributed by atoms with Crippen LogP contribution in [0.5, 0.6) is 0 Å². The molecule has 2 aromatic rings. The standard InChI is InChI=1S/C10H8ClNOS/c11-10-2-1-9(14-10)6-12-4-3-8(5-12)7-13/h1-5,7H,6H2. The number of hydrogen-bond donors (Lipinski definition) is 0. The van der Waals surface area contributed by atoms with Crippen LogP contribution in [0.2, 0.25) is 4.34 Å². The largest absolute Gasteiger partial charge is 0.348 e. The molecule has 0 N–H and O–H groups in total. The van der Waals surface area contributed by atoms with Crippen molar-refractivity contribution in [2.45, 2.75) is 6.54 Å². The number of aromatic nitrogens is 1. The third-order valence-electron chi connectivity index (χ3n) is 1.88. The zero-order valence-electron chi connectivity index (χ0n) is 7.31. The van der Waals surface area contributed by atoms with Crippen molar-refractivity contribution in [1.82, 2.24) is 4.57 Å². The molecule has 14 heavy (non-hydrogen) atoms. The van der Waals surface area contributed by atoms with Crippen LogP contribution in [-0.4, -0.2) is 10.9 Å². The summed E-state index contributed by atoms with van der Waals surface area (Å²) in [5, 5.41) is 0. The molecule has 0 aliphatic heterocycles. The molecule has 0 spiro atoms. The first-order valence-corrected chi connectivity index (χ1v) is 5.32. The van der Waals surface area contributed by atoms with E-state index < -0.39 is 0 Å². The highest BCUT2D eigenvalue weighted by Crippen LogP contribution is 2.22. The lowest BCUT2D eigenvalue weighted by Crippen LogP contribution is -1.92. The van der Waals surface area contributed by atoms with Crippen molar-refractivity contribution in [2.75, 3.05) is 0 Å². The predicted molar refractivity (Wildman–Crippen MR) is 58.3 cm³/mol. The molecule has 2 rings (SSSR count). The topological polar surface area (TPSA) is 22.0 Å². The quantitative estimate of drug-likeness (QED) is 0.736. The first-order chi connectivity index (χ1) is 6.78. The first-order valence-electron chi connectivity index (χ1n) is 4.13. The van der Waals surface area contributed by atoms with Gasteiger partial charge in [0.15, 0.2) is 6.29 Å². The second kappa shape index (κ2) is 3.98. The van der Waals surface area contributed by atoms with Crippen molar-refractivity contribution in [3.63, 3.8) is 0 Å². The molecule has 0 saturated carbocycles. The van der Waals surface area contributed by atoms with Gasteiger partial charge in [0.05, 0.1) is 10.9 Å². The van der Waals surface area contributed by atoms with Crippen LogP contribution in [-0.2, 0) is 6.54 Å². The molecule has 72 valence electrons. The molecule has 0 amide bonds. The lowest BCUT2D eigenvalue weighted by molar-refractivity contribution is 0.112. The Kier molecular flexibility index (Phi) is 2.70. The monoisotopic (exact) mass is 225 g/mol. The maximum atomic E-state index is 10.4. The fourth-order valence-corrected chi connectivity index (χ4v) is 2.34. The van der Waals surface area contributed by atoms with E-state index in [1.807, 2.05) is 29.1 Å². The minimum atomic E-state index is 0.702. The molecule has 0 fully saturated rings. The average Bonchev–Trinajstić information content (AvgIpc) is 2.76. The second-order valence-corrected chi connectivity index (χ2v) is 4.74. The van der Waals surface area contributed by atoms with E-state index in [9.17, 15) is 4.79 Å². The molecular weight excluding hydrogens is 218 g/mol. The zero-order chi connectivity index (χ0) is 9.97. The molecule has 0 aliphatic carbocycles. The van der Waals surface area contributed by atoms with Gasteiger partial charge in [-0.1, -0.05) is 11.6 Å². The molecule has 0 aliphatic rings. The van der Waals surface area contributed by atoms with Gasteiger partial charge in [0.2, 0.25) is 0 Å². The summed E-state index contributed by atoms with van der Waals surface area (Å²) in [6.07, 6.45) is 4.55. The summed E-state index contributed by atoms with van der Waals surface area (Å²) in [4.78, 5) is 11.6. The Hall–Kier alpha value is -1.06. The molecule has 2 nitrogen and oxygen atoms in total. The fraction of sp³-hybridized carbons (Fsp3) is 0.100. The van der Waals surface area contributed by atoms with Gasteiger partial charge in [-0.15, -0.1) is 11.3 Å². The first kappa shape index (κ1) is 9.49. The number of halogens is 1. The summed E-state index contributed by atoms with van der Waals surface area (Å²) < 4.78 is 2.76. The summed E-state index contributed by atoms with van der Waals surface area (Å²) in [7, 11) is 0. The van der Waals surface area contributed by atoms with Gasteiger partial charge in [0.1, 0.15) is 0 Å². The van der Waals surface area contributed by atoms with Crippen molar-refractivity contribution in [3.8, 4) is 0 Å². The molecule has 0 saturated heterocycles. The minimum absolute atomic E-state index is 0.702. The van der Waals surface area contributed by atoms with E-state index in [2.05, 4.69) is 0 Å². The molecule has 0 aromatic carbocycles. The highest BCUT2D eigenvalue weighted by atomic mass is 35.5. The van der Waals surface area contributed by atoms with Gasteiger partial charge in [-0.05, 0) is 18.2 Å². The van der Waals surface area contributed by atoms with Crippen molar-refractivity contribution in [2.24, 2.45) is 0 Å². The fourth-order valence-electron chi connectivity index (χ4n) is 1.24. The van der Waals surface area contributed by atoms with Crippen LogP contribution >= 0.6 is 22.9 Å². The molecule has 0 bridgehead atoms. The van der Waals surface area contributed by atoms with Crippen LogP contribution < -0.4 is 0 Å². The minimum Gasteiger partial charge on any atom is -0.348 e. The van der Waals surface area contributed by atoms with Crippen LogP contribution in [0.15, 0.2) is 30.6 Å². The number of nitrogens with zero attached hydrogens (tertiary/aromatic N) is 1. The second-order valence-electron chi connectivity index (χ2n) is 2.94. The Bertz CT molecular complexity index is 446. The molecule has 4 heteroatoms. The zero-order valence-corrected chi connectivity index (χ0v) is 8.89. The smallest absolute Gasteiger partial charge is 0.151 e. The third-order valence-corrected chi connectivity index (χ3v) is 3.09. The number of carbonyl (C=O) groups excluding carboxylic acids is 1. The van der Waals surface area contributed by atoms with Gasteiger partial charge < -0.3 is 4.57 Å². The summed E-state index contributed by atoms with van der Waals surface area (Å²) in [6.45, 7) is 0.769. The molecule has 2 heterocycles. The summed E-state index contributed by atoms with van der Waals surface area (Å²) in [6, 6.07) is 5.67. The van der Waals surface area contributed by atoms with E-state index in [-0.39, 0.29) is 0 Å². The van der Waals surface area contributed by atoms with E-state index in [4.69, 9.17) is 11.6 Å². The summed E-state index contributed by atoms with van der Waals surface area (Å²) in [5.74, 6) is 0. The summed E-state index contributed by atoms with van der Waals surface area (Å²) >= 11 is 7.37. The highest BCUT2D eigenvalue weighted by molar-refractivity contribution is 7.16. The summed E-state index contributed by atoms with van der Waals surface area (Å²) in [5.41, 5.74) is 0.702. The number of thiophene rings is 1. The molecule has 0 unspecified atom stereocenters. The Morgan fingerprint density at radius 1 is 1.43 bits per heavy atom. The number of carbonyl (C=O) groups is 1. The Balaban J connectivity index is 2.14. The van der Waals surface area contributed by atoms with Crippen LogP contribution in [0.1, 0.15) is 15.2 Å². The van der Waals surface area contributed by atoms with Gasteiger partial charge in [-0.25, -0.2) is 0 Å². The van der Waals surface area contributed by atoms with Crippen molar-refractivity contribution < 1.29 is 4.79 Å². The van der Waals surface area contributed by atoms with E-state index in [0.29, 0.717) is 5.56 Å². The van der Waals surface area contributed by atoms with Crippen LogP contribution in [0.25, 0.3) is 0 Å². The average molecular weight is 226 g/mol. The lowest BCUT2D eigenvalue weighted by atomic mass is 10.4. The van der Waals surface area contributed by atoms with Crippen molar-refractivity contribution in [1.29, 1.82) is 0 Å². The maximum absolute atomic E-state index is 10.4. The predicted octanol–water partition coefficient (Wildman–Crippen LogP) is 3.06. The maximum Gasteiger partial charge on any atom is 0.151 e. The highest BCUT2D eigenvalue weighted by Gasteiger charge is 1.99. The molecule has 0 radical (unpaired) electrons. The number of rotatable bonds is 3. The van der Waals surface area contributed by atoms with Crippen molar-refractivity contribution in [3.05, 3.63) is 45.4 Å². The number of hydrogen-bond acceptors (Lipinski definition) is 2. The Labute approximate surface area is 90.7 Å². The van der Waals surface area contributed by atoms with Gasteiger partial charge in [-0.2, -0.15) is 0 Å². The van der Waals surface area contributed by atoms with Gasteiger partial charge in [0, 0.05) is 22.8 Å². The van der Waals surface area contributed by atoms with Gasteiger partial charge in [0.25, 0.3) is 0 Å².